The summed E-state index contributed by atoms with van der Waals surface area (Å²) >= 11 is 7.61. The Bertz CT molecular complexity index is 510. The molecule has 0 fully saturated rings. The number of rotatable bonds is 4. The molecule has 90 valence electrons. The predicted octanol–water partition coefficient (Wildman–Crippen LogP) is 3.67. The zero-order valence-electron chi connectivity index (χ0n) is 9.83. The highest BCUT2D eigenvalue weighted by Crippen LogP contribution is 2.18. The lowest BCUT2D eigenvalue weighted by Gasteiger charge is -2.05. The summed E-state index contributed by atoms with van der Waals surface area (Å²) in [6, 6.07) is 2.00. The fourth-order valence-electron chi connectivity index (χ4n) is 1.44. The summed E-state index contributed by atoms with van der Waals surface area (Å²) < 4.78 is 0. The molecule has 0 amide bonds. The molecule has 0 aliphatic carbocycles. The lowest BCUT2D eigenvalue weighted by atomic mass is 10.3. The molecule has 0 aromatic carbocycles. The summed E-state index contributed by atoms with van der Waals surface area (Å²) in [6.45, 7) is 4.84. The molecular formula is C12H14ClN3S. The maximum absolute atomic E-state index is 5.87. The van der Waals surface area contributed by atoms with Crippen LogP contribution in [-0.4, -0.2) is 9.97 Å². The van der Waals surface area contributed by atoms with Gasteiger partial charge in [-0.3, -0.25) is 0 Å². The lowest BCUT2D eigenvalue weighted by Crippen LogP contribution is -1.98. The van der Waals surface area contributed by atoms with Crippen molar-refractivity contribution in [1.29, 1.82) is 0 Å². The topological polar surface area (TPSA) is 37.8 Å². The zero-order chi connectivity index (χ0) is 12.3. The molecule has 0 saturated carbocycles. The molecule has 0 aliphatic heterocycles. The predicted molar refractivity (Wildman–Crippen MR) is 72.8 cm³/mol. The highest BCUT2D eigenvalue weighted by Gasteiger charge is 2.02. The van der Waals surface area contributed by atoms with Crippen LogP contribution in [0.4, 0.5) is 5.69 Å². The number of pyridine rings is 1. The van der Waals surface area contributed by atoms with E-state index in [1.54, 1.807) is 17.5 Å². The van der Waals surface area contributed by atoms with E-state index >= 15 is 0 Å². The van der Waals surface area contributed by atoms with E-state index in [0.29, 0.717) is 5.15 Å². The number of nitrogens with one attached hydrogen (secondary N) is 1. The summed E-state index contributed by atoms with van der Waals surface area (Å²) in [6.07, 6.45) is 4.66. The summed E-state index contributed by atoms with van der Waals surface area (Å²) in [5.74, 6) is 0. The quantitative estimate of drug-likeness (QED) is 0.859. The molecule has 0 unspecified atom stereocenters. The molecule has 2 aromatic rings. The van der Waals surface area contributed by atoms with Crippen LogP contribution >= 0.6 is 22.9 Å². The largest absolute Gasteiger partial charge is 0.379 e. The first-order chi connectivity index (χ1) is 8.19. The van der Waals surface area contributed by atoms with Gasteiger partial charge >= 0.3 is 0 Å². The number of hydrogen-bond donors (Lipinski definition) is 1. The Morgan fingerprint density at radius 1 is 1.35 bits per heavy atom. The van der Waals surface area contributed by atoms with E-state index in [0.717, 1.165) is 24.2 Å². The molecule has 0 radical (unpaired) electrons. The number of hydrogen-bond acceptors (Lipinski definition) is 4. The van der Waals surface area contributed by atoms with Crippen LogP contribution in [0.3, 0.4) is 0 Å². The number of thiazole rings is 1. The molecule has 2 rings (SSSR count). The molecule has 3 nitrogen and oxygen atoms in total. The van der Waals surface area contributed by atoms with Crippen LogP contribution in [0.15, 0.2) is 18.5 Å². The fourth-order valence-corrected chi connectivity index (χ4v) is 2.34. The van der Waals surface area contributed by atoms with Crippen molar-refractivity contribution in [3.63, 3.8) is 0 Å². The lowest BCUT2D eigenvalue weighted by molar-refractivity contribution is 1.09. The Morgan fingerprint density at radius 3 is 2.82 bits per heavy atom. The van der Waals surface area contributed by atoms with Gasteiger partial charge < -0.3 is 5.32 Å². The second-order valence-corrected chi connectivity index (χ2v) is 5.32. The maximum Gasteiger partial charge on any atom is 0.132 e. The van der Waals surface area contributed by atoms with Gasteiger partial charge in [0.1, 0.15) is 5.15 Å². The minimum atomic E-state index is 0.557. The van der Waals surface area contributed by atoms with Crippen LogP contribution < -0.4 is 5.32 Å². The SMILES string of the molecule is CCc1ncc(CNc2cnc(Cl)c(C)c2)s1. The van der Waals surface area contributed by atoms with Crippen molar-refractivity contribution in [3.8, 4) is 0 Å². The average Bonchev–Trinajstić information content (AvgIpc) is 2.79. The second-order valence-electron chi connectivity index (χ2n) is 3.76. The molecule has 0 spiro atoms. The average molecular weight is 268 g/mol. The third-order valence-corrected chi connectivity index (χ3v) is 3.92. The van der Waals surface area contributed by atoms with Gasteiger partial charge in [-0.15, -0.1) is 11.3 Å². The van der Waals surface area contributed by atoms with E-state index in [1.165, 1.54) is 9.88 Å². The molecule has 1 N–H and O–H groups in total. The smallest absolute Gasteiger partial charge is 0.132 e. The zero-order valence-corrected chi connectivity index (χ0v) is 11.4. The van der Waals surface area contributed by atoms with E-state index in [-0.39, 0.29) is 0 Å². The normalized spacial score (nSPS) is 10.5. The number of aryl methyl sites for hydroxylation is 2. The Morgan fingerprint density at radius 2 is 2.18 bits per heavy atom. The monoisotopic (exact) mass is 267 g/mol. The van der Waals surface area contributed by atoms with E-state index in [4.69, 9.17) is 11.6 Å². The van der Waals surface area contributed by atoms with Gasteiger partial charge in [-0.2, -0.15) is 0 Å². The van der Waals surface area contributed by atoms with Crippen molar-refractivity contribution in [2.24, 2.45) is 0 Å². The first-order valence-electron chi connectivity index (χ1n) is 5.48. The first-order valence-corrected chi connectivity index (χ1v) is 6.68. The standard InChI is InChI=1S/C12H14ClN3S/c1-3-11-15-7-10(17-11)6-14-9-4-8(2)12(13)16-5-9/h4-5,7,14H,3,6H2,1-2H3. The minimum absolute atomic E-state index is 0.557. The summed E-state index contributed by atoms with van der Waals surface area (Å²) in [7, 11) is 0. The van der Waals surface area contributed by atoms with Crippen LogP contribution in [0.25, 0.3) is 0 Å². The van der Waals surface area contributed by atoms with Crippen LogP contribution in [0.1, 0.15) is 22.4 Å². The summed E-state index contributed by atoms with van der Waals surface area (Å²) in [4.78, 5) is 9.65. The molecular weight excluding hydrogens is 254 g/mol. The van der Waals surface area contributed by atoms with Gasteiger partial charge in [0.25, 0.3) is 0 Å². The van der Waals surface area contributed by atoms with Crippen LogP contribution in [0.5, 0.6) is 0 Å². The third kappa shape index (κ3) is 3.17. The van der Waals surface area contributed by atoms with E-state index < -0.39 is 0 Å². The van der Waals surface area contributed by atoms with Gasteiger partial charge in [0, 0.05) is 11.1 Å². The molecule has 17 heavy (non-hydrogen) atoms. The fraction of sp³-hybridized carbons (Fsp3) is 0.333. The Hall–Kier alpha value is -1.13. The van der Waals surface area contributed by atoms with Crippen molar-refractivity contribution >= 4 is 28.6 Å². The molecule has 0 atom stereocenters. The van der Waals surface area contributed by atoms with Crippen molar-refractivity contribution in [1.82, 2.24) is 9.97 Å². The van der Waals surface area contributed by atoms with Gasteiger partial charge in [0.05, 0.1) is 23.4 Å². The maximum atomic E-state index is 5.87. The van der Waals surface area contributed by atoms with Crippen LogP contribution in [-0.2, 0) is 13.0 Å². The molecule has 2 aromatic heterocycles. The van der Waals surface area contributed by atoms with Crippen molar-refractivity contribution in [2.75, 3.05) is 5.32 Å². The summed E-state index contributed by atoms with van der Waals surface area (Å²) in [5, 5.41) is 5.05. The van der Waals surface area contributed by atoms with Crippen LogP contribution in [0.2, 0.25) is 5.15 Å². The Balaban J connectivity index is 1.99. The Labute approximate surface area is 110 Å². The minimum Gasteiger partial charge on any atom is -0.379 e. The summed E-state index contributed by atoms with van der Waals surface area (Å²) in [5.41, 5.74) is 1.97. The van der Waals surface area contributed by atoms with Gasteiger partial charge in [-0.25, -0.2) is 9.97 Å². The highest BCUT2D eigenvalue weighted by atomic mass is 35.5. The molecule has 0 aliphatic rings. The molecule has 0 saturated heterocycles. The van der Waals surface area contributed by atoms with E-state index in [1.807, 2.05) is 19.2 Å². The first kappa shape index (κ1) is 12.3. The van der Waals surface area contributed by atoms with Crippen LogP contribution in [0, 0.1) is 6.92 Å². The Kier molecular flexibility index (Phi) is 3.97. The third-order valence-electron chi connectivity index (χ3n) is 2.39. The number of aromatic nitrogens is 2. The molecule has 0 bridgehead atoms. The van der Waals surface area contributed by atoms with E-state index in [9.17, 15) is 0 Å². The van der Waals surface area contributed by atoms with E-state index in [2.05, 4.69) is 22.2 Å². The second kappa shape index (κ2) is 5.47. The highest BCUT2D eigenvalue weighted by molar-refractivity contribution is 7.11. The van der Waals surface area contributed by atoms with Gasteiger partial charge in [0.15, 0.2) is 0 Å². The van der Waals surface area contributed by atoms with Crippen molar-refractivity contribution < 1.29 is 0 Å². The molecule has 5 heteroatoms. The van der Waals surface area contributed by atoms with Crippen molar-refractivity contribution in [3.05, 3.63) is 39.1 Å². The molecule has 2 heterocycles. The van der Waals surface area contributed by atoms with Crippen molar-refractivity contribution in [2.45, 2.75) is 26.8 Å². The number of halogens is 1. The van der Waals surface area contributed by atoms with Gasteiger partial charge in [-0.05, 0) is 25.0 Å². The number of anilines is 1. The van der Waals surface area contributed by atoms with Gasteiger partial charge in [-0.1, -0.05) is 18.5 Å². The number of nitrogens with zero attached hydrogens (tertiary/aromatic N) is 2. The van der Waals surface area contributed by atoms with Gasteiger partial charge in [0.2, 0.25) is 0 Å².